The molecule has 25 heavy (non-hydrogen) atoms. The Morgan fingerprint density at radius 3 is 2.08 bits per heavy atom. The van der Waals surface area contributed by atoms with E-state index in [0.29, 0.717) is 10.8 Å². The Hall–Kier alpha value is -1.67. The van der Waals surface area contributed by atoms with Crippen LogP contribution in [-0.4, -0.2) is 5.11 Å². The van der Waals surface area contributed by atoms with Crippen molar-refractivity contribution >= 4 is 11.6 Å². The molecule has 0 aliphatic heterocycles. The van der Waals surface area contributed by atoms with Gasteiger partial charge in [0.05, 0.1) is 5.02 Å². The van der Waals surface area contributed by atoms with Gasteiger partial charge in [0, 0.05) is 11.1 Å². The van der Waals surface area contributed by atoms with Gasteiger partial charge in [0.15, 0.2) is 0 Å². The van der Waals surface area contributed by atoms with Crippen LogP contribution in [0.5, 0.6) is 17.2 Å². The molecule has 0 bridgehead atoms. The molecule has 0 saturated heterocycles. The number of rotatable bonds is 6. The van der Waals surface area contributed by atoms with Crippen LogP contribution in [0.2, 0.25) is 5.02 Å². The monoisotopic (exact) mass is 360 g/mol. The summed E-state index contributed by atoms with van der Waals surface area (Å²) in [6.07, 6.45) is 1.85. The van der Waals surface area contributed by atoms with Gasteiger partial charge in [-0.3, -0.25) is 0 Å². The van der Waals surface area contributed by atoms with E-state index < -0.39 is 0 Å². The summed E-state index contributed by atoms with van der Waals surface area (Å²) in [4.78, 5) is 0. The number of hydrogen-bond acceptors (Lipinski definition) is 2. The number of ether oxygens (including phenoxy) is 1. The van der Waals surface area contributed by atoms with E-state index in [2.05, 4.69) is 41.5 Å². The zero-order valence-electron chi connectivity index (χ0n) is 16.1. The van der Waals surface area contributed by atoms with Gasteiger partial charge in [0.1, 0.15) is 17.2 Å². The molecule has 0 radical (unpaired) electrons. The average Bonchev–Trinajstić information content (AvgIpc) is 2.56. The van der Waals surface area contributed by atoms with Gasteiger partial charge in [-0.1, -0.05) is 71.3 Å². The normalized spacial score (nSPS) is 12.3. The van der Waals surface area contributed by atoms with E-state index in [0.717, 1.165) is 29.7 Å². The van der Waals surface area contributed by atoms with Crippen LogP contribution < -0.4 is 4.74 Å². The van der Waals surface area contributed by atoms with Gasteiger partial charge < -0.3 is 9.84 Å². The first-order valence-corrected chi connectivity index (χ1v) is 9.31. The minimum absolute atomic E-state index is 0.0805. The molecule has 0 fully saturated rings. The summed E-state index contributed by atoms with van der Waals surface area (Å²) < 4.78 is 6.34. The van der Waals surface area contributed by atoms with Crippen molar-refractivity contribution in [3.05, 3.63) is 52.5 Å². The lowest BCUT2D eigenvalue weighted by molar-refractivity contribution is 0.383. The van der Waals surface area contributed by atoms with Crippen LogP contribution in [0.3, 0.4) is 0 Å². The molecule has 2 aromatic rings. The summed E-state index contributed by atoms with van der Waals surface area (Å²) in [7, 11) is 0. The van der Waals surface area contributed by atoms with Crippen LogP contribution in [0.25, 0.3) is 0 Å². The number of hydrogen-bond donors (Lipinski definition) is 1. The van der Waals surface area contributed by atoms with Crippen molar-refractivity contribution < 1.29 is 9.84 Å². The maximum atomic E-state index is 10.7. The summed E-state index contributed by atoms with van der Waals surface area (Å²) in [5.74, 6) is 1.60. The molecule has 3 heteroatoms. The number of phenols is 1. The van der Waals surface area contributed by atoms with Crippen LogP contribution in [0.15, 0.2) is 36.4 Å². The Morgan fingerprint density at radius 2 is 1.52 bits per heavy atom. The Balaban J connectivity index is 2.76. The summed E-state index contributed by atoms with van der Waals surface area (Å²) in [6, 6.07) is 11.2. The van der Waals surface area contributed by atoms with Gasteiger partial charge in [-0.25, -0.2) is 0 Å². The molecule has 2 aromatic carbocycles. The highest BCUT2D eigenvalue weighted by atomic mass is 35.5. The van der Waals surface area contributed by atoms with Crippen molar-refractivity contribution in [2.75, 3.05) is 0 Å². The molecule has 1 N–H and O–H groups in total. The van der Waals surface area contributed by atoms with Crippen LogP contribution >= 0.6 is 11.6 Å². The number of aromatic hydroxyl groups is 1. The van der Waals surface area contributed by atoms with Crippen LogP contribution in [0, 0.1) is 0 Å². The molecule has 0 aromatic heterocycles. The van der Waals surface area contributed by atoms with Crippen molar-refractivity contribution in [1.82, 2.24) is 0 Å². The first-order chi connectivity index (χ1) is 11.6. The lowest BCUT2D eigenvalue weighted by Gasteiger charge is -2.33. The third kappa shape index (κ3) is 3.95. The van der Waals surface area contributed by atoms with E-state index in [-0.39, 0.29) is 16.6 Å². The van der Waals surface area contributed by atoms with Gasteiger partial charge >= 0.3 is 0 Å². The Bertz CT molecular complexity index is 748. The van der Waals surface area contributed by atoms with Gasteiger partial charge in [0.2, 0.25) is 0 Å². The predicted molar refractivity (Wildman–Crippen MR) is 106 cm³/mol. The lowest BCUT2D eigenvalue weighted by atomic mass is 9.75. The molecule has 136 valence electrons. The van der Waals surface area contributed by atoms with Crippen molar-refractivity contribution in [2.45, 2.75) is 65.2 Å². The smallest absolute Gasteiger partial charge is 0.146 e. The van der Waals surface area contributed by atoms with Crippen LogP contribution in [-0.2, 0) is 10.8 Å². The second-order valence-corrected chi connectivity index (χ2v) is 8.25. The fraction of sp³-hybridized carbons (Fsp3) is 0.455. The molecule has 0 amide bonds. The highest BCUT2D eigenvalue weighted by Crippen LogP contribution is 2.48. The largest absolute Gasteiger partial charge is 0.508 e. The summed E-state index contributed by atoms with van der Waals surface area (Å²) in [6.45, 7) is 12.9. The third-order valence-corrected chi connectivity index (χ3v) is 5.67. The molecule has 0 heterocycles. The fourth-order valence-corrected chi connectivity index (χ4v) is 3.04. The number of halogens is 1. The fourth-order valence-electron chi connectivity index (χ4n) is 2.87. The molecular formula is C22H29ClO2. The molecule has 0 spiro atoms. The van der Waals surface area contributed by atoms with Gasteiger partial charge in [-0.15, -0.1) is 0 Å². The van der Waals surface area contributed by atoms with Gasteiger partial charge in [0.25, 0.3) is 0 Å². The topological polar surface area (TPSA) is 29.5 Å². The predicted octanol–water partition coefficient (Wildman–Crippen LogP) is 7.21. The highest BCUT2D eigenvalue weighted by molar-refractivity contribution is 6.32. The van der Waals surface area contributed by atoms with Gasteiger partial charge in [-0.05, 0) is 41.9 Å². The number of benzene rings is 2. The summed E-state index contributed by atoms with van der Waals surface area (Å²) in [5, 5.41) is 11.2. The third-order valence-electron chi connectivity index (χ3n) is 5.36. The van der Waals surface area contributed by atoms with E-state index in [9.17, 15) is 5.11 Å². The maximum Gasteiger partial charge on any atom is 0.146 e. The van der Waals surface area contributed by atoms with E-state index in [1.165, 1.54) is 0 Å². The minimum Gasteiger partial charge on any atom is -0.508 e. The zero-order chi connectivity index (χ0) is 18.8. The minimum atomic E-state index is -0.222. The van der Waals surface area contributed by atoms with Crippen molar-refractivity contribution in [2.24, 2.45) is 0 Å². The molecule has 0 saturated carbocycles. The van der Waals surface area contributed by atoms with E-state index in [1.807, 2.05) is 30.3 Å². The molecule has 0 aliphatic rings. The molecule has 0 unspecified atom stereocenters. The van der Waals surface area contributed by atoms with Crippen molar-refractivity contribution in [3.63, 3.8) is 0 Å². The highest BCUT2D eigenvalue weighted by Gasteiger charge is 2.33. The molecule has 2 nitrogen and oxygen atoms in total. The Morgan fingerprint density at radius 1 is 0.920 bits per heavy atom. The molecule has 0 aliphatic carbocycles. The maximum absolute atomic E-state index is 10.7. The Labute approximate surface area is 156 Å². The first kappa shape index (κ1) is 19.7. The van der Waals surface area contributed by atoms with Crippen molar-refractivity contribution in [1.29, 1.82) is 0 Å². The number of para-hydroxylation sites is 1. The molecule has 0 atom stereocenters. The second-order valence-electron chi connectivity index (χ2n) is 7.84. The standard InChI is InChI=1S/C22H29ClO2/c1-7-21(3,4)15-13-14-17(24)19(22(5,6)8-2)20(15)25-18-12-10-9-11-16(18)23/h9-14,24H,7-8H2,1-6H3. The van der Waals surface area contributed by atoms with E-state index in [1.54, 1.807) is 6.07 Å². The van der Waals surface area contributed by atoms with Crippen LogP contribution in [0.4, 0.5) is 0 Å². The van der Waals surface area contributed by atoms with Crippen LogP contribution in [0.1, 0.15) is 65.5 Å². The Kier molecular flexibility index (Phi) is 5.73. The van der Waals surface area contributed by atoms with Crippen molar-refractivity contribution in [3.8, 4) is 17.2 Å². The van der Waals surface area contributed by atoms with E-state index >= 15 is 0 Å². The summed E-state index contributed by atoms with van der Waals surface area (Å²) >= 11 is 6.33. The quantitative estimate of drug-likeness (QED) is 0.589. The second kappa shape index (κ2) is 7.29. The number of phenolic OH excluding ortho intramolecular Hbond substituents is 1. The summed E-state index contributed by atoms with van der Waals surface area (Å²) in [5.41, 5.74) is 1.63. The van der Waals surface area contributed by atoms with E-state index in [4.69, 9.17) is 16.3 Å². The average molecular weight is 361 g/mol. The van der Waals surface area contributed by atoms with Gasteiger partial charge in [-0.2, -0.15) is 0 Å². The first-order valence-electron chi connectivity index (χ1n) is 8.93. The lowest BCUT2D eigenvalue weighted by Crippen LogP contribution is -2.22. The SMILES string of the molecule is CCC(C)(C)c1ccc(O)c(C(C)(C)CC)c1Oc1ccccc1Cl. The zero-order valence-corrected chi connectivity index (χ0v) is 16.9. The molecular weight excluding hydrogens is 332 g/mol. The molecule has 2 rings (SSSR count).